The van der Waals surface area contributed by atoms with Gasteiger partial charge in [0.05, 0.1) is 10.5 Å². The lowest BCUT2D eigenvalue weighted by atomic mass is 10.0. The zero-order valence-electron chi connectivity index (χ0n) is 15.2. The number of carbonyl (C=O) groups excluding carboxylic acids is 2. The maximum atomic E-state index is 12.1. The Labute approximate surface area is 168 Å². The molecular formula is C21H18N2O5S. The van der Waals surface area contributed by atoms with E-state index in [0.717, 1.165) is 11.1 Å². The smallest absolute Gasteiger partial charge is 0.338 e. The molecule has 7 nitrogen and oxygen atoms in total. The summed E-state index contributed by atoms with van der Waals surface area (Å²) in [6, 6.07) is 22.0. The van der Waals surface area contributed by atoms with Gasteiger partial charge in [0.15, 0.2) is 6.61 Å². The molecule has 0 saturated carbocycles. The minimum Gasteiger partial charge on any atom is -0.452 e. The molecule has 0 heterocycles. The molecule has 3 rings (SSSR count). The first-order valence-electron chi connectivity index (χ1n) is 8.58. The first-order valence-corrected chi connectivity index (χ1v) is 10.1. The monoisotopic (exact) mass is 410 g/mol. The van der Waals surface area contributed by atoms with E-state index in [1.807, 2.05) is 30.3 Å². The summed E-state index contributed by atoms with van der Waals surface area (Å²) in [6.07, 6.45) is 0. The first-order chi connectivity index (χ1) is 13.8. The van der Waals surface area contributed by atoms with E-state index in [1.54, 1.807) is 24.3 Å². The Morgan fingerprint density at radius 2 is 1.52 bits per heavy atom. The van der Waals surface area contributed by atoms with E-state index >= 15 is 0 Å². The molecule has 0 aromatic heterocycles. The van der Waals surface area contributed by atoms with E-state index in [0.29, 0.717) is 5.56 Å². The summed E-state index contributed by atoms with van der Waals surface area (Å²) in [4.78, 5) is 24.0. The Morgan fingerprint density at radius 3 is 2.17 bits per heavy atom. The molecule has 0 aliphatic rings. The normalized spacial score (nSPS) is 10.9. The van der Waals surface area contributed by atoms with Crippen molar-refractivity contribution in [3.8, 4) is 11.1 Å². The van der Waals surface area contributed by atoms with Crippen LogP contribution in [0.15, 0.2) is 83.8 Å². The van der Waals surface area contributed by atoms with E-state index in [4.69, 9.17) is 9.88 Å². The van der Waals surface area contributed by atoms with E-state index < -0.39 is 28.5 Å². The Balaban J connectivity index is 1.57. The molecule has 3 aromatic carbocycles. The molecule has 0 atom stereocenters. The fourth-order valence-electron chi connectivity index (χ4n) is 2.59. The van der Waals surface area contributed by atoms with Crippen molar-refractivity contribution in [2.75, 3.05) is 11.9 Å². The molecule has 3 N–H and O–H groups in total. The van der Waals surface area contributed by atoms with Crippen LogP contribution < -0.4 is 10.5 Å². The van der Waals surface area contributed by atoms with Crippen molar-refractivity contribution < 1.29 is 22.7 Å². The number of hydrogen-bond donors (Lipinski definition) is 2. The average molecular weight is 410 g/mol. The summed E-state index contributed by atoms with van der Waals surface area (Å²) in [5.41, 5.74) is 2.52. The van der Waals surface area contributed by atoms with Crippen LogP contribution in [-0.4, -0.2) is 26.9 Å². The van der Waals surface area contributed by atoms with Gasteiger partial charge >= 0.3 is 5.97 Å². The van der Waals surface area contributed by atoms with Crippen LogP contribution in [0.3, 0.4) is 0 Å². The molecule has 0 saturated heterocycles. The zero-order chi connectivity index (χ0) is 20.9. The number of sulfonamides is 1. The molecular weight excluding hydrogens is 392 g/mol. The molecule has 148 valence electrons. The molecule has 1 amide bonds. The molecule has 8 heteroatoms. The van der Waals surface area contributed by atoms with Gasteiger partial charge in [-0.1, -0.05) is 48.5 Å². The summed E-state index contributed by atoms with van der Waals surface area (Å²) < 4.78 is 27.7. The van der Waals surface area contributed by atoms with Crippen molar-refractivity contribution in [1.82, 2.24) is 0 Å². The first kappa shape index (κ1) is 20.2. The lowest BCUT2D eigenvalue weighted by molar-refractivity contribution is -0.119. The molecule has 0 spiro atoms. The zero-order valence-corrected chi connectivity index (χ0v) is 16.1. The predicted octanol–water partition coefficient (Wildman–Crippen LogP) is 2.80. The van der Waals surface area contributed by atoms with Crippen molar-refractivity contribution >= 4 is 27.6 Å². The number of nitrogens with one attached hydrogen (secondary N) is 1. The van der Waals surface area contributed by atoms with E-state index in [2.05, 4.69) is 5.32 Å². The van der Waals surface area contributed by atoms with Gasteiger partial charge in [-0.15, -0.1) is 0 Å². The van der Waals surface area contributed by atoms with Gasteiger partial charge in [-0.25, -0.2) is 18.4 Å². The minimum atomic E-state index is -3.88. The van der Waals surface area contributed by atoms with E-state index in [-0.39, 0.29) is 10.6 Å². The van der Waals surface area contributed by atoms with Crippen LogP contribution in [-0.2, 0) is 19.6 Å². The van der Waals surface area contributed by atoms with Crippen LogP contribution in [0.25, 0.3) is 11.1 Å². The standard InChI is InChI=1S/C21H18N2O5S/c22-29(26,27)19-8-4-7-18(13-19)23-20(24)14-28-21(25)17-11-9-16(10-12-17)15-5-2-1-3-6-15/h1-13H,14H2,(H,23,24)(H2,22,26,27). The number of esters is 1. The maximum Gasteiger partial charge on any atom is 0.338 e. The average Bonchev–Trinajstić information content (AvgIpc) is 2.72. The number of hydrogen-bond acceptors (Lipinski definition) is 5. The Kier molecular flexibility index (Phi) is 6.06. The van der Waals surface area contributed by atoms with Gasteiger partial charge in [0.25, 0.3) is 5.91 Å². The predicted molar refractivity (Wildman–Crippen MR) is 109 cm³/mol. The van der Waals surface area contributed by atoms with Gasteiger partial charge in [-0.05, 0) is 41.5 Å². The number of amides is 1. The van der Waals surface area contributed by atoms with Gasteiger partial charge in [0, 0.05) is 5.69 Å². The van der Waals surface area contributed by atoms with Crippen molar-refractivity contribution in [2.45, 2.75) is 4.90 Å². The fraction of sp³-hybridized carbons (Fsp3) is 0.0476. The van der Waals surface area contributed by atoms with E-state index in [9.17, 15) is 18.0 Å². The van der Waals surface area contributed by atoms with Gasteiger partial charge < -0.3 is 10.1 Å². The van der Waals surface area contributed by atoms with Crippen LogP contribution in [0.1, 0.15) is 10.4 Å². The highest BCUT2D eigenvalue weighted by molar-refractivity contribution is 7.89. The van der Waals surface area contributed by atoms with Crippen LogP contribution in [0.2, 0.25) is 0 Å². The Hall–Kier alpha value is -3.49. The number of ether oxygens (including phenoxy) is 1. The highest BCUT2D eigenvalue weighted by atomic mass is 32.2. The second-order valence-electron chi connectivity index (χ2n) is 6.14. The number of benzene rings is 3. The number of carbonyl (C=O) groups is 2. The molecule has 29 heavy (non-hydrogen) atoms. The van der Waals surface area contributed by atoms with Gasteiger partial charge in [-0.3, -0.25) is 4.79 Å². The number of nitrogens with two attached hydrogens (primary N) is 1. The molecule has 3 aromatic rings. The highest BCUT2D eigenvalue weighted by Crippen LogP contribution is 2.19. The molecule has 0 unspecified atom stereocenters. The number of anilines is 1. The number of primary sulfonamides is 1. The fourth-order valence-corrected chi connectivity index (χ4v) is 3.15. The Bertz CT molecular complexity index is 1130. The summed E-state index contributed by atoms with van der Waals surface area (Å²) in [7, 11) is -3.88. The molecule has 0 bridgehead atoms. The maximum absolute atomic E-state index is 12.1. The minimum absolute atomic E-state index is 0.134. The largest absolute Gasteiger partial charge is 0.452 e. The molecule has 0 fully saturated rings. The lowest BCUT2D eigenvalue weighted by Crippen LogP contribution is -2.21. The second-order valence-corrected chi connectivity index (χ2v) is 7.70. The highest BCUT2D eigenvalue weighted by Gasteiger charge is 2.12. The van der Waals surface area contributed by atoms with Crippen LogP contribution in [0.5, 0.6) is 0 Å². The SMILES string of the molecule is NS(=O)(=O)c1cccc(NC(=O)COC(=O)c2ccc(-c3ccccc3)cc2)c1. The Morgan fingerprint density at radius 1 is 0.862 bits per heavy atom. The third-order valence-corrected chi connectivity index (χ3v) is 4.92. The van der Waals surface area contributed by atoms with Gasteiger partial charge in [0.1, 0.15) is 0 Å². The summed E-state index contributed by atoms with van der Waals surface area (Å²) in [6.45, 7) is -0.515. The summed E-state index contributed by atoms with van der Waals surface area (Å²) in [5.74, 6) is -1.25. The van der Waals surface area contributed by atoms with Gasteiger partial charge in [0.2, 0.25) is 10.0 Å². The molecule has 0 aliphatic carbocycles. The van der Waals surface area contributed by atoms with Crippen molar-refractivity contribution in [3.63, 3.8) is 0 Å². The van der Waals surface area contributed by atoms with Crippen molar-refractivity contribution in [1.29, 1.82) is 0 Å². The van der Waals surface area contributed by atoms with Gasteiger partial charge in [-0.2, -0.15) is 0 Å². The van der Waals surface area contributed by atoms with Crippen molar-refractivity contribution in [3.05, 3.63) is 84.4 Å². The third-order valence-electron chi connectivity index (χ3n) is 4.01. The molecule has 0 radical (unpaired) electrons. The number of rotatable bonds is 6. The third kappa shape index (κ3) is 5.50. The second kappa shape index (κ2) is 8.68. The van der Waals surface area contributed by atoms with Crippen LogP contribution in [0, 0.1) is 0 Å². The molecule has 0 aliphatic heterocycles. The van der Waals surface area contributed by atoms with E-state index in [1.165, 1.54) is 24.3 Å². The van der Waals surface area contributed by atoms with Crippen molar-refractivity contribution in [2.24, 2.45) is 5.14 Å². The summed E-state index contributed by atoms with van der Waals surface area (Å²) >= 11 is 0. The van der Waals surface area contributed by atoms with Crippen LogP contribution >= 0.6 is 0 Å². The topological polar surface area (TPSA) is 116 Å². The quantitative estimate of drug-likeness (QED) is 0.606. The van der Waals surface area contributed by atoms with Crippen LogP contribution in [0.4, 0.5) is 5.69 Å². The lowest BCUT2D eigenvalue weighted by Gasteiger charge is -2.08. The summed E-state index contributed by atoms with van der Waals surface area (Å²) in [5, 5.41) is 7.51.